The standard InChI is InChI=1S/C24H22N2O5S/c1-17-6-5-9-20(14-17)18-10-12-21(13-11-18)32(29,30)25-22(19-7-3-2-4-8-19)15-26-23(27)16-31-24(26)28/h2-14,22,25H,15-16H2,1H3. The zero-order chi connectivity index (χ0) is 22.7. The summed E-state index contributed by atoms with van der Waals surface area (Å²) in [5, 5.41) is 0. The normalized spacial score (nSPS) is 15.0. The molecule has 1 atom stereocenters. The molecule has 1 unspecified atom stereocenters. The molecule has 0 saturated carbocycles. The minimum absolute atomic E-state index is 0.0881. The van der Waals surface area contributed by atoms with E-state index in [1.807, 2.05) is 31.2 Å². The lowest BCUT2D eigenvalue weighted by molar-refractivity contribution is -0.126. The number of aryl methyl sites for hydroxylation is 1. The van der Waals surface area contributed by atoms with Gasteiger partial charge in [-0.15, -0.1) is 0 Å². The molecule has 0 bridgehead atoms. The molecule has 0 spiro atoms. The molecule has 1 saturated heterocycles. The Kier molecular flexibility index (Phi) is 6.07. The monoisotopic (exact) mass is 450 g/mol. The van der Waals surface area contributed by atoms with Crippen LogP contribution < -0.4 is 4.72 Å². The lowest BCUT2D eigenvalue weighted by Crippen LogP contribution is -2.40. The largest absolute Gasteiger partial charge is 0.439 e. The Morgan fingerprint density at radius 3 is 2.28 bits per heavy atom. The molecule has 0 aromatic heterocycles. The predicted molar refractivity (Wildman–Crippen MR) is 119 cm³/mol. The van der Waals surface area contributed by atoms with Gasteiger partial charge in [-0.2, -0.15) is 0 Å². The summed E-state index contributed by atoms with van der Waals surface area (Å²) in [6, 6.07) is 22.5. The Morgan fingerprint density at radius 1 is 0.938 bits per heavy atom. The molecule has 2 amide bonds. The van der Waals surface area contributed by atoms with E-state index in [1.54, 1.807) is 42.5 Å². The smallest absolute Gasteiger partial charge is 0.417 e. The minimum Gasteiger partial charge on any atom is -0.439 e. The van der Waals surface area contributed by atoms with Crippen LogP contribution in [0, 0.1) is 6.92 Å². The zero-order valence-electron chi connectivity index (χ0n) is 17.4. The summed E-state index contributed by atoms with van der Waals surface area (Å²) in [6.07, 6.45) is -0.780. The van der Waals surface area contributed by atoms with Crippen molar-refractivity contribution in [3.8, 4) is 11.1 Å². The first kappa shape index (κ1) is 21.7. The van der Waals surface area contributed by atoms with E-state index < -0.39 is 28.1 Å². The highest BCUT2D eigenvalue weighted by molar-refractivity contribution is 7.89. The molecule has 0 aliphatic carbocycles. The quantitative estimate of drug-likeness (QED) is 0.593. The van der Waals surface area contributed by atoms with Crippen LogP contribution >= 0.6 is 0 Å². The van der Waals surface area contributed by atoms with Crippen LogP contribution in [0.3, 0.4) is 0 Å². The summed E-state index contributed by atoms with van der Waals surface area (Å²) in [6.45, 7) is 1.49. The number of rotatable bonds is 7. The average Bonchev–Trinajstić information content (AvgIpc) is 3.11. The van der Waals surface area contributed by atoms with Crippen molar-refractivity contribution in [2.75, 3.05) is 13.2 Å². The Balaban J connectivity index is 1.59. The van der Waals surface area contributed by atoms with Crippen LogP contribution in [-0.2, 0) is 19.6 Å². The third kappa shape index (κ3) is 4.71. The van der Waals surface area contributed by atoms with Crippen LogP contribution in [0.25, 0.3) is 11.1 Å². The van der Waals surface area contributed by atoms with Crippen LogP contribution in [0.15, 0.2) is 83.8 Å². The molecule has 4 rings (SSSR count). The van der Waals surface area contributed by atoms with E-state index in [0.717, 1.165) is 21.6 Å². The van der Waals surface area contributed by atoms with Crippen LogP contribution in [-0.4, -0.2) is 38.5 Å². The molecule has 164 valence electrons. The van der Waals surface area contributed by atoms with Gasteiger partial charge in [-0.05, 0) is 35.7 Å². The summed E-state index contributed by atoms with van der Waals surface area (Å²) >= 11 is 0. The summed E-state index contributed by atoms with van der Waals surface area (Å²) in [4.78, 5) is 24.9. The fourth-order valence-corrected chi connectivity index (χ4v) is 4.76. The van der Waals surface area contributed by atoms with Gasteiger partial charge in [-0.1, -0.05) is 72.3 Å². The molecule has 8 heteroatoms. The number of benzene rings is 3. The average molecular weight is 451 g/mol. The number of carbonyl (C=O) groups is 2. The van der Waals surface area contributed by atoms with Crippen molar-refractivity contribution in [3.63, 3.8) is 0 Å². The number of ether oxygens (including phenoxy) is 1. The Bertz CT molecular complexity index is 1220. The van der Waals surface area contributed by atoms with Gasteiger partial charge >= 0.3 is 6.09 Å². The summed E-state index contributed by atoms with van der Waals surface area (Å²) in [5.41, 5.74) is 3.63. The SMILES string of the molecule is Cc1cccc(-c2ccc(S(=O)(=O)NC(CN3C(=O)COC3=O)c3ccccc3)cc2)c1. The van der Waals surface area contributed by atoms with E-state index in [-0.39, 0.29) is 18.0 Å². The number of carbonyl (C=O) groups excluding carboxylic acids is 2. The van der Waals surface area contributed by atoms with Gasteiger partial charge in [0, 0.05) is 0 Å². The Morgan fingerprint density at radius 2 is 1.66 bits per heavy atom. The molecule has 32 heavy (non-hydrogen) atoms. The van der Waals surface area contributed by atoms with Crippen LogP contribution in [0.4, 0.5) is 4.79 Å². The fraction of sp³-hybridized carbons (Fsp3) is 0.167. The van der Waals surface area contributed by atoms with Gasteiger partial charge in [0.15, 0.2) is 6.61 Å². The van der Waals surface area contributed by atoms with E-state index in [9.17, 15) is 18.0 Å². The Labute approximate surface area is 186 Å². The van der Waals surface area contributed by atoms with Crippen molar-refractivity contribution in [3.05, 3.63) is 90.0 Å². The predicted octanol–water partition coefficient (Wildman–Crippen LogP) is 3.66. The highest BCUT2D eigenvalue weighted by atomic mass is 32.2. The molecular formula is C24H22N2O5S. The maximum Gasteiger partial charge on any atom is 0.417 e. The molecule has 1 aliphatic heterocycles. The van der Waals surface area contributed by atoms with E-state index >= 15 is 0 Å². The number of cyclic esters (lactones) is 1. The van der Waals surface area contributed by atoms with Gasteiger partial charge in [0.2, 0.25) is 10.0 Å². The van der Waals surface area contributed by atoms with Gasteiger partial charge in [0.05, 0.1) is 17.5 Å². The van der Waals surface area contributed by atoms with Gasteiger partial charge in [-0.3, -0.25) is 4.79 Å². The van der Waals surface area contributed by atoms with Crippen LogP contribution in [0.2, 0.25) is 0 Å². The molecule has 0 radical (unpaired) electrons. The topological polar surface area (TPSA) is 92.8 Å². The zero-order valence-corrected chi connectivity index (χ0v) is 18.2. The van der Waals surface area contributed by atoms with Gasteiger partial charge in [0.25, 0.3) is 5.91 Å². The van der Waals surface area contributed by atoms with E-state index in [4.69, 9.17) is 4.74 Å². The van der Waals surface area contributed by atoms with Gasteiger partial charge in [-0.25, -0.2) is 22.8 Å². The highest BCUT2D eigenvalue weighted by Gasteiger charge is 2.34. The summed E-state index contributed by atoms with van der Waals surface area (Å²) in [5.74, 6) is -0.502. The van der Waals surface area contributed by atoms with Gasteiger partial charge in [0.1, 0.15) is 0 Å². The molecule has 7 nitrogen and oxygen atoms in total. The third-order valence-electron chi connectivity index (χ3n) is 5.22. The first-order valence-electron chi connectivity index (χ1n) is 10.0. The molecule has 1 N–H and O–H groups in total. The number of amides is 2. The Hall–Kier alpha value is -3.49. The molecule has 3 aromatic carbocycles. The van der Waals surface area contributed by atoms with E-state index in [0.29, 0.717) is 5.56 Å². The molecule has 1 aliphatic rings. The lowest BCUT2D eigenvalue weighted by Gasteiger charge is -2.22. The van der Waals surface area contributed by atoms with Crippen LogP contribution in [0.1, 0.15) is 17.2 Å². The molecule has 1 fully saturated rings. The van der Waals surface area contributed by atoms with Crippen molar-refractivity contribution >= 4 is 22.0 Å². The molecule has 1 heterocycles. The summed E-state index contributed by atoms with van der Waals surface area (Å²) in [7, 11) is -3.93. The minimum atomic E-state index is -3.93. The van der Waals surface area contributed by atoms with E-state index in [1.165, 1.54) is 12.1 Å². The summed E-state index contributed by atoms with van der Waals surface area (Å²) < 4.78 is 33.6. The second kappa shape index (κ2) is 8.94. The number of sulfonamides is 1. The van der Waals surface area contributed by atoms with Crippen molar-refractivity contribution in [1.29, 1.82) is 0 Å². The van der Waals surface area contributed by atoms with Crippen molar-refractivity contribution < 1.29 is 22.7 Å². The number of nitrogens with one attached hydrogen (secondary N) is 1. The first-order chi connectivity index (χ1) is 15.3. The van der Waals surface area contributed by atoms with Crippen molar-refractivity contribution in [2.45, 2.75) is 17.9 Å². The van der Waals surface area contributed by atoms with Crippen molar-refractivity contribution in [2.24, 2.45) is 0 Å². The maximum atomic E-state index is 13.1. The number of nitrogens with zero attached hydrogens (tertiary/aromatic N) is 1. The van der Waals surface area contributed by atoms with Crippen molar-refractivity contribution in [1.82, 2.24) is 9.62 Å². The third-order valence-corrected chi connectivity index (χ3v) is 6.71. The van der Waals surface area contributed by atoms with E-state index in [2.05, 4.69) is 4.72 Å². The van der Waals surface area contributed by atoms with Gasteiger partial charge < -0.3 is 4.74 Å². The number of hydrogen-bond donors (Lipinski definition) is 1. The lowest BCUT2D eigenvalue weighted by atomic mass is 10.0. The number of hydrogen-bond acceptors (Lipinski definition) is 5. The molecular weight excluding hydrogens is 428 g/mol. The maximum absolute atomic E-state index is 13.1. The molecule has 3 aromatic rings. The fourth-order valence-electron chi connectivity index (χ4n) is 3.54. The number of imide groups is 1. The second-order valence-electron chi connectivity index (χ2n) is 7.54. The second-order valence-corrected chi connectivity index (χ2v) is 9.25. The highest BCUT2D eigenvalue weighted by Crippen LogP contribution is 2.24. The first-order valence-corrected chi connectivity index (χ1v) is 11.5. The van der Waals surface area contributed by atoms with Crippen LogP contribution in [0.5, 0.6) is 0 Å².